The van der Waals surface area contributed by atoms with Crippen molar-refractivity contribution in [3.8, 4) is 0 Å². The number of carbonyl (C=O) groups is 1. The van der Waals surface area contributed by atoms with Crippen molar-refractivity contribution in [2.45, 2.75) is 20.0 Å². The van der Waals surface area contributed by atoms with Crippen LogP contribution in [0.3, 0.4) is 0 Å². The number of imidazole rings is 1. The van der Waals surface area contributed by atoms with Gasteiger partial charge in [-0.25, -0.2) is 13.9 Å². The van der Waals surface area contributed by atoms with Crippen LogP contribution in [0.15, 0.2) is 48.5 Å². The molecule has 0 radical (unpaired) electrons. The number of carbonyl (C=O) groups excluding carboxylic acids is 1. The Morgan fingerprint density at radius 1 is 1.21 bits per heavy atom. The third-order valence-electron chi connectivity index (χ3n) is 3.90. The maximum absolute atomic E-state index is 11.9. The Kier molecular flexibility index (Phi) is 4.71. The molecule has 0 bridgehead atoms. The van der Waals surface area contributed by atoms with Gasteiger partial charge in [0.1, 0.15) is 11.0 Å². The summed E-state index contributed by atoms with van der Waals surface area (Å²) in [6.07, 6.45) is 0. The number of hydrogen-bond acceptors (Lipinski definition) is 3. The molecule has 3 aromatic rings. The zero-order chi connectivity index (χ0) is 17.1. The lowest BCUT2D eigenvalue weighted by atomic mass is 10.2. The zero-order valence-electron chi connectivity index (χ0n) is 13.4. The second kappa shape index (κ2) is 6.93. The van der Waals surface area contributed by atoms with Gasteiger partial charge in [-0.05, 0) is 25.1 Å². The number of fused-ring (bicyclic) bond motifs is 1. The number of nitrogens with two attached hydrogens (primary N) is 1. The molecule has 0 aliphatic heterocycles. The minimum absolute atomic E-state index is 0.0791. The van der Waals surface area contributed by atoms with Crippen molar-refractivity contribution in [1.29, 1.82) is 0 Å². The molecule has 6 heteroatoms. The van der Waals surface area contributed by atoms with E-state index in [2.05, 4.69) is 0 Å². The number of nitrogens with zero attached hydrogens (tertiary/aromatic N) is 2. The first kappa shape index (κ1) is 16.3. The molecule has 124 valence electrons. The predicted molar refractivity (Wildman–Crippen MR) is 93.7 cm³/mol. The number of aromatic nitrogens is 2. The Labute approximate surface area is 145 Å². The number of halogens is 1. The standard InChI is InChI=1S/C18H18ClN3O2/c1-2-24-17(23)12-22-16-10-6-5-9-15(16)21(18(22)20)11-13-7-3-4-8-14(13)19/h3-10,20H,2,11-12H2,1H3/p+1. The van der Waals surface area contributed by atoms with Gasteiger partial charge in [-0.3, -0.25) is 5.73 Å². The molecule has 24 heavy (non-hydrogen) atoms. The van der Waals surface area contributed by atoms with E-state index in [0.29, 0.717) is 24.1 Å². The first-order valence-electron chi connectivity index (χ1n) is 7.77. The highest BCUT2D eigenvalue weighted by molar-refractivity contribution is 6.31. The number of para-hydroxylation sites is 2. The summed E-state index contributed by atoms with van der Waals surface area (Å²) in [5, 5.41) is 0.687. The van der Waals surface area contributed by atoms with E-state index in [1.165, 1.54) is 0 Å². The molecule has 0 aliphatic rings. The van der Waals surface area contributed by atoms with Crippen LogP contribution in [-0.2, 0) is 22.6 Å². The number of anilines is 1. The molecule has 0 saturated carbocycles. The summed E-state index contributed by atoms with van der Waals surface area (Å²) in [6.45, 7) is 2.74. The average Bonchev–Trinajstić information content (AvgIpc) is 2.83. The summed E-state index contributed by atoms with van der Waals surface area (Å²) in [5.74, 6) is 0.180. The van der Waals surface area contributed by atoms with Gasteiger partial charge in [-0.1, -0.05) is 41.9 Å². The zero-order valence-corrected chi connectivity index (χ0v) is 14.2. The smallest absolute Gasteiger partial charge is 0.356 e. The first-order chi connectivity index (χ1) is 11.6. The van der Waals surface area contributed by atoms with Crippen molar-refractivity contribution in [2.75, 3.05) is 12.3 Å². The van der Waals surface area contributed by atoms with Crippen molar-refractivity contribution >= 4 is 34.6 Å². The van der Waals surface area contributed by atoms with Gasteiger partial charge in [0.05, 0.1) is 13.2 Å². The summed E-state index contributed by atoms with van der Waals surface area (Å²) in [7, 11) is 0. The van der Waals surface area contributed by atoms with Gasteiger partial charge in [0.15, 0.2) is 6.54 Å². The van der Waals surface area contributed by atoms with Gasteiger partial charge in [0, 0.05) is 10.6 Å². The number of ether oxygens (including phenoxy) is 1. The molecule has 1 heterocycles. The van der Waals surface area contributed by atoms with Crippen LogP contribution < -0.4 is 10.3 Å². The molecule has 0 fully saturated rings. The van der Waals surface area contributed by atoms with E-state index < -0.39 is 0 Å². The molecular formula is C18H19ClN3O2+. The van der Waals surface area contributed by atoms with Crippen molar-refractivity contribution in [3.05, 3.63) is 59.1 Å². The number of benzene rings is 2. The van der Waals surface area contributed by atoms with Crippen LogP contribution in [0.1, 0.15) is 12.5 Å². The lowest BCUT2D eigenvalue weighted by Crippen LogP contribution is -2.37. The van der Waals surface area contributed by atoms with Gasteiger partial charge in [0.25, 0.3) is 0 Å². The summed E-state index contributed by atoms with van der Waals surface area (Å²) in [4.78, 5) is 11.9. The van der Waals surface area contributed by atoms with Gasteiger partial charge in [-0.2, -0.15) is 0 Å². The third kappa shape index (κ3) is 3.08. The maximum atomic E-state index is 11.9. The fourth-order valence-electron chi connectivity index (χ4n) is 2.78. The Morgan fingerprint density at radius 2 is 1.92 bits per heavy atom. The second-order valence-corrected chi connectivity index (χ2v) is 5.82. The Hall–Kier alpha value is -2.53. The SMILES string of the molecule is CCOC(=O)Cn1c(N)[n+](Cc2ccccc2Cl)c2ccccc21. The molecule has 0 spiro atoms. The first-order valence-corrected chi connectivity index (χ1v) is 8.15. The van der Waals surface area contributed by atoms with E-state index in [-0.39, 0.29) is 12.5 Å². The number of nitrogen functional groups attached to an aromatic ring is 1. The van der Waals surface area contributed by atoms with Crippen molar-refractivity contribution in [2.24, 2.45) is 0 Å². The predicted octanol–water partition coefficient (Wildman–Crippen LogP) is 2.78. The van der Waals surface area contributed by atoms with Crippen LogP contribution in [-0.4, -0.2) is 17.1 Å². The Morgan fingerprint density at radius 3 is 2.67 bits per heavy atom. The lowest BCUT2D eigenvalue weighted by molar-refractivity contribution is -0.648. The normalized spacial score (nSPS) is 10.9. The van der Waals surface area contributed by atoms with Gasteiger partial charge < -0.3 is 4.74 Å². The molecule has 0 amide bonds. The molecule has 0 saturated heterocycles. The molecule has 2 aromatic carbocycles. The molecule has 5 nitrogen and oxygen atoms in total. The van der Waals surface area contributed by atoms with Crippen LogP contribution in [0.25, 0.3) is 11.0 Å². The van der Waals surface area contributed by atoms with Crippen molar-refractivity contribution in [3.63, 3.8) is 0 Å². The fourth-order valence-corrected chi connectivity index (χ4v) is 2.97. The largest absolute Gasteiger partial charge is 0.464 e. The number of rotatable bonds is 5. The maximum Gasteiger partial charge on any atom is 0.356 e. The minimum atomic E-state index is -0.310. The highest BCUT2D eigenvalue weighted by Gasteiger charge is 2.23. The van der Waals surface area contributed by atoms with Crippen LogP contribution in [0.2, 0.25) is 5.02 Å². The monoisotopic (exact) mass is 344 g/mol. The molecule has 0 aliphatic carbocycles. The highest BCUT2D eigenvalue weighted by atomic mass is 35.5. The number of esters is 1. The summed E-state index contributed by atoms with van der Waals surface area (Å²) in [6, 6.07) is 15.4. The second-order valence-electron chi connectivity index (χ2n) is 5.42. The Bertz CT molecular complexity index is 889. The average molecular weight is 345 g/mol. The van der Waals surface area contributed by atoms with E-state index in [9.17, 15) is 4.79 Å². The summed E-state index contributed by atoms with van der Waals surface area (Å²) in [5.41, 5.74) is 9.13. The number of hydrogen-bond donors (Lipinski definition) is 1. The molecular weight excluding hydrogens is 326 g/mol. The molecule has 0 unspecified atom stereocenters. The van der Waals surface area contributed by atoms with Crippen LogP contribution in [0, 0.1) is 0 Å². The van der Waals surface area contributed by atoms with Crippen LogP contribution in [0.5, 0.6) is 0 Å². The molecule has 2 N–H and O–H groups in total. The van der Waals surface area contributed by atoms with E-state index in [1.807, 2.05) is 53.1 Å². The quantitative estimate of drug-likeness (QED) is 0.572. The molecule has 3 rings (SSSR count). The lowest BCUT2D eigenvalue weighted by Gasteiger charge is -2.04. The fraction of sp³-hybridized carbons (Fsp3) is 0.222. The summed E-state index contributed by atoms with van der Waals surface area (Å²) < 4.78 is 8.77. The van der Waals surface area contributed by atoms with E-state index in [1.54, 1.807) is 11.5 Å². The highest BCUT2D eigenvalue weighted by Crippen LogP contribution is 2.19. The minimum Gasteiger partial charge on any atom is -0.464 e. The van der Waals surface area contributed by atoms with Gasteiger partial charge >= 0.3 is 11.9 Å². The Balaban J connectivity index is 2.06. The van der Waals surface area contributed by atoms with Crippen molar-refractivity contribution < 1.29 is 14.1 Å². The van der Waals surface area contributed by atoms with Gasteiger partial charge in [-0.15, -0.1) is 0 Å². The van der Waals surface area contributed by atoms with Gasteiger partial charge in [0.2, 0.25) is 0 Å². The van der Waals surface area contributed by atoms with Crippen LogP contribution in [0.4, 0.5) is 5.95 Å². The van der Waals surface area contributed by atoms with E-state index in [4.69, 9.17) is 22.1 Å². The van der Waals surface area contributed by atoms with E-state index in [0.717, 1.165) is 16.6 Å². The van der Waals surface area contributed by atoms with Crippen LogP contribution >= 0.6 is 11.6 Å². The van der Waals surface area contributed by atoms with E-state index >= 15 is 0 Å². The third-order valence-corrected chi connectivity index (χ3v) is 4.26. The van der Waals surface area contributed by atoms with Crippen molar-refractivity contribution in [1.82, 2.24) is 4.57 Å². The topological polar surface area (TPSA) is 61.1 Å². The molecule has 1 aromatic heterocycles. The summed E-state index contributed by atoms with van der Waals surface area (Å²) >= 11 is 6.27. The molecule has 0 atom stereocenters.